The van der Waals surface area contributed by atoms with Crippen molar-refractivity contribution < 1.29 is 4.79 Å². The van der Waals surface area contributed by atoms with Crippen LogP contribution in [0.2, 0.25) is 0 Å². The first-order chi connectivity index (χ1) is 13.7. The van der Waals surface area contributed by atoms with E-state index in [9.17, 15) is 4.79 Å². The second kappa shape index (κ2) is 9.23. The summed E-state index contributed by atoms with van der Waals surface area (Å²) in [6.07, 6.45) is 0. The van der Waals surface area contributed by atoms with Gasteiger partial charge in [-0.25, -0.2) is 0 Å². The molecule has 0 aliphatic carbocycles. The molecular formula is C23H34N2OP2Se2. The molecule has 2 unspecified atom stereocenters. The van der Waals surface area contributed by atoms with Crippen LogP contribution in [-0.2, 0) is 0 Å². The van der Waals surface area contributed by atoms with Crippen molar-refractivity contribution in [3.63, 3.8) is 0 Å². The average Bonchev–Trinajstić information content (AvgIpc) is 2.70. The summed E-state index contributed by atoms with van der Waals surface area (Å²) in [5.74, 6) is 0. The molecule has 2 aromatic rings. The quantitative estimate of drug-likeness (QED) is 0.362. The summed E-state index contributed by atoms with van der Waals surface area (Å²) in [4.78, 5) is 14.0. The number of rotatable bonds is 4. The molecule has 0 aliphatic rings. The van der Waals surface area contributed by atoms with Gasteiger partial charge in [0.2, 0.25) is 0 Å². The summed E-state index contributed by atoms with van der Waals surface area (Å²) in [6.45, 7) is 13.3. The predicted molar refractivity (Wildman–Crippen MR) is 138 cm³/mol. The van der Waals surface area contributed by atoms with E-state index < -0.39 is 11.3 Å². The van der Waals surface area contributed by atoms with E-state index in [2.05, 4.69) is 120 Å². The molecular weight excluding hydrogens is 540 g/mol. The fourth-order valence-electron chi connectivity index (χ4n) is 3.73. The molecule has 0 N–H and O–H groups in total. The molecule has 0 bridgehead atoms. The van der Waals surface area contributed by atoms with E-state index in [1.54, 1.807) is 0 Å². The number of nitrogens with zero attached hydrogens (tertiary/aromatic N) is 2. The third-order valence-electron chi connectivity index (χ3n) is 5.43. The number of amides is 2. The Balaban J connectivity index is 2.61. The molecule has 0 aliphatic heterocycles. The Labute approximate surface area is 198 Å². The molecule has 30 heavy (non-hydrogen) atoms. The zero-order valence-electron chi connectivity index (χ0n) is 19.3. The molecule has 0 aromatic heterocycles. The number of urea groups is 1. The molecule has 0 saturated heterocycles. The number of carbonyl (C=O) groups is 1. The van der Waals surface area contributed by atoms with E-state index in [0.29, 0.717) is 0 Å². The minimum absolute atomic E-state index is 0.0479. The first-order valence-electron chi connectivity index (χ1n) is 10.0. The third-order valence-corrected chi connectivity index (χ3v) is 25.7. The zero-order valence-corrected chi connectivity index (χ0v) is 24.5. The van der Waals surface area contributed by atoms with E-state index >= 15 is 0 Å². The summed E-state index contributed by atoms with van der Waals surface area (Å²) < 4.78 is 3.98. The van der Waals surface area contributed by atoms with Crippen molar-refractivity contribution in [1.82, 2.24) is 9.34 Å². The van der Waals surface area contributed by atoms with Gasteiger partial charge in [-0.3, -0.25) is 0 Å². The van der Waals surface area contributed by atoms with Gasteiger partial charge in [0.1, 0.15) is 0 Å². The van der Waals surface area contributed by atoms with Crippen LogP contribution in [0.3, 0.4) is 0 Å². The maximum atomic E-state index is 14.0. The van der Waals surface area contributed by atoms with Crippen LogP contribution in [0.15, 0.2) is 60.7 Å². The van der Waals surface area contributed by atoms with Crippen molar-refractivity contribution in [2.24, 2.45) is 0 Å². The number of hydrogen-bond acceptors (Lipinski definition) is 1. The van der Waals surface area contributed by atoms with E-state index in [4.69, 9.17) is 0 Å². The summed E-state index contributed by atoms with van der Waals surface area (Å²) in [7, 11) is 3.92. The van der Waals surface area contributed by atoms with Crippen LogP contribution in [0.4, 0.5) is 4.79 Å². The van der Waals surface area contributed by atoms with Gasteiger partial charge in [-0.1, -0.05) is 0 Å². The molecule has 0 radical (unpaired) electrons. The number of benzene rings is 2. The minimum atomic E-state index is -2.10. The topological polar surface area (TPSA) is 23.6 Å². The standard InChI is InChI=1S/C23H34N2OP2Se2/c1-22(2,3)27(29,19-15-11-9-12-16-19)24(7)21(26)25(8)28(30,23(4,5)6)20-17-13-10-14-18-20/h9-18H,1-8H3. The molecule has 2 atom stereocenters. The molecule has 2 amide bonds. The summed E-state index contributed by atoms with van der Waals surface area (Å²) in [5.41, 5.74) is -4.20. The van der Waals surface area contributed by atoms with Gasteiger partial charge in [-0.05, 0) is 0 Å². The monoisotopic (exact) mass is 576 g/mol. The summed E-state index contributed by atoms with van der Waals surface area (Å²) >= 11 is 7.01. The number of carbonyl (C=O) groups excluding carboxylic acids is 1. The Morgan fingerprint density at radius 3 is 1.17 bits per heavy atom. The normalized spacial score (nSPS) is 16.3. The molecule has 2 rings (SSSR count). The Morgan fingerprint density at radius 2 is 0.933 bits per heavy atom. The summed E-state index contributed by atoms with van der Waals surface area (Å²) in [5, 5.41) is 2.18. The number of hydrogen-bond donors (Lipinski definition) is 0. The van der Waals surface area contributed by atoms with Gasteiger partial charge in [0.05, 0.1) is 0 Å². The van der Waals surface area contributed by atoms with Crippen molar-refractivity contribution >= 4 is 58.2 Å². The Morgan fingerprint density at radius 1 is 0.667 bits per heavy atom. The van der Waals surface area contributed by atoms with Gasteiger partial charge in [0.15, 0.2) is 0 Å². The van der Waals surface area contributed by atoms with Gasteiger partial charge >= 0.3 is 199 Å². The van der Waals surface area contributed by atoms with E-state index in [-0.39, 0.29) is 16.3 Å². The van der Waals surface area contributed by atoms with E-state index in [0.717, 1.165) is 0 Å². The van der Waals surface area contributed by atoms with Gasteiger partial charge in [0, 0.05) is 0 Å². The van der Waals surface area contributed by atoms with Crippen LogP contribution >= 0.6 is 11.3 Å². The van der Waals surface area contributed by atoms with Crippen molar-refractivity contribution in [2.45, 2.75) is 51.9 Å². The molecule has 0 spiro atoms. The van der Waals surface area contributed by atoms with Crippen LogP contribution < -0.4 is 10.6 Å². The maximum absolute atomic E-state index is 14.0. The van der Waals surface area contributed by atoms with Crippen molar-refractivity contribution in [1.29, 1.82) is 0 Å². The second-order valence-electron chi connectivity index (χ2n) is 9.49. The van der Waals surface area contributed by atoms with Gasteiger partial charge < -0.3 is 0 Å². The van der Waals surface area contributed by atoms with Gasteiger partial charge in [-0.2, -0.15) is 0 Å². The van der Waals surface area contributed by atoms with Crippen molar-refractivity contribution in [3.05, 3.63) is 60.7 Å². The molecule has 0 saturated carbocycles. The molecule has 0 heterocycles. The fraction of sp³-hybridized carbons (Fsp3) is 0.435. The second-order valence-corrected chi connectivity index (χ2v) is 23.4. The van der Waals surface area contributed by atoms with Gasteiger partial charge in [0.25, 0.3) is 0 Å². The van der Waals surface area contributed by atoms with Crippen LogP contribution in [-0.4, -0.2) is 70.0 Å². The molecule has 3 nitrogen and oxygen atoms in total. The van der Waals surface area contributed by atoms with Crippen LogP contribution in [0, 0.1) is 0 Å². The van der Waals surface area contributed by atoms with Gasteiger partial charge in [-0.15, -0.1) is 0 Å². The molecule has 164 valence electrons. The Hall–Kier alpha value is -0.391. The fourth-order valence-corrected chi connectivity index (χ4v) is 12.2. The first kappa shape index (κ1) is 25.9. The predicted octanol–water partition coefficient (Wildman–Crippen LogP) is 5.25. The van der Waals surface area contributed by atoms with Crippen LogP contribution in [0.1, 0.15) is 41.5 Å². The molecule has 7 heteroatoms. The van der Waals surface area contributed by atoms with E-state index in [1.165, 1.54) is 10.6 Å². The van der Waals surface area contributed by atoms with Crippen molar-refractivity contribution in [3.8, 4) is 0 Å². The Bertz CT molecular complexity index is 900. The van der Waals surface area contributed by atoms with E-state index in [1.807, 2.05) is 35.6 Å². The van der Waals surface area contributed by atoms with Crippen LogP contribution in [0.5, 0.6) is 0 Å². The van der Waals surface area contributed by atoms with Crippen LogP contribution in [0.25, 0.3) is 0 Å². The first-order valence-corrected chi connectivity index (χ1v) is 17.9. The third kappa shape index (κ3) is 4.54. The molecule has 2 aromatic carbocycles. The zero-order chi connectivity index (χ0) is 23.0. The average molecular weight is 574 g/mol. The summed E-state index contributed by atoms with van der Waals surface area (Å²) in [6, 6.07) is 20.9. The Kier molecular flexibility index (Phi) is 7.96. The molecule has 0 fully saturated rings. The van der Waals surface area contributed by atoms with Crippen molar-refractivity contribution in [2.75, 3.05) is 14.1 Å². The SMILES string of the molecule is CN(C(=O)N(C)P(=[Se])(c1ccccc1)C(C)(C)C)P(=[Se])(c1ccccc1)C(C)(C)C.